The van der Waals surface area contributed by atoms with Crippen LogP contribution in [0.2, 0.25) is 0 Å². The molecule has 1 saturated heterocycles. The number of carbonyl (C=O) groups is 6. The number of halogens is 1. The van der Waals surface area contributed by atoms with E-state index in [1.54, 1.807) is 24.3 Å². The van der Waals surface area contributed by atoms with Gasteiger partial charge in [-0.25, -0.2) is 0 Å². The van der Waals surface area contributed by atoms with Crippen LogP contribution in [0.4, 0.5) is 5.69 Å². The number of aliphatic hydroxyl groups is 1. The number of Topliss-reactive ketones (excluding diaryl/α,β-unsaturated/α-hetero) is 1. The lowest BCUT2D eigenvalue weighted by Crippen LogP contribution is -2.62. The molecule has 0 aromatic heterocycles. The van der Waals surface area contributed by atoms with Crippen LogP contribution >= 0.6 is 15.9 Å². The number of fused-ring (bicyclic) bond motifs is 1. The number of benzene rings is 2. The summed E-state index contributed by atoms with van der Waals surface area (Å²) in [6.07, 6.45) is -8.01. The van der Waals surface area contributed by atoms with Crippen LogP contribution in [0, 0.1) is 0 Å². The topological polar surface area (TPSA) is 172 Å². The lowest BCUT2D eigenvalue weighted by atomic mass is 9.86. The largest absolute Gasteiger partial charge is 0.463 e. The molecule has 2 heterocycles. The standard InChI is InChI=1S/C32H34BrNO12/c1-17(35)42-16-27-29(44-19(3)37)30(45-20(4)38)28(43-18(2)36)26(46-27)13-23(39)14-32(41)24-7-5-6-8-25(24)34(31(32)40)15-21-9-11-22(33)12-10-21/h5-12,26-30,41H,13-16H2,1-4H3/t26-,27+,28-,29+,30+,32?/m0/s1. The van der Waals surface area contributed by atoms with Crippen molar-refractivity contribution in [3.8, 4) is 0 Å². The van der Waals surface area contributed by atoms with Gasteiger partial charge in [-0.1, -0.05) is 46.3 Å². The molecule has 1 N–H and O–H groups in total. The summed E-state index contributed by atoms with van der Waals surface area (Å²) < 4.78 is 28.2. The molecule has 2 aliphatic heterocycles. The van der Waals surface area contributed by atoms with E-state index in [-0.39, 0.29) is 12.1 Å². The number of amides is 1. The molecule has 6 atom stereocenters. The first kappa shape index (κ1) is 34.7. The van der Waals surface area contributed by atoms with Gasteiger partial charge in [0, 0.05) is 50.6 Å². The molecular formula is C32H34BrNO12. The van der Waals surface area contributed by atoms with Crippen molar-refractivity contribution in [3.05, 3.63) is 64.1 Å². The third-order valence-corrected chi connectivity index (χ3v) is 7.99. The molecule has 0 bridgehead atoms. The Morgan fingerprint density at radius 2 is 1.39 bits per heavy atom. The Morgan fingerprint density at radius 1 is 0.826 bits per heavy atom. The second-order valence-electron chi connectivity index (χ2n) is 11.1. The van der Waals surface area contributed by atoms with Crippen LogP contribution in [0.15, 0.2) is 53.0 Å². The highest BCUT2D eigenvalue weighted by molar-refractivity contribution is 9.10. The van der Waals surface area contributed by atoms with Crippen molar-refractivity contribution in [2.75, 3.05) is 11.5 Å². The van der Waals surface area contributed by atoms with E-state index in [4.69, 9.17) is 23.7 Å². The summed E-state index contributed by atoms with van der Waals surface area (Å²) in [5.41, 5.74) is -0.745. The van der Waals surface area contributed by atoms with E-state index in [0.29, 0.717) is 5.69 Å². The Balaban J connectivity index is 1.63. The van der Waals surface area contributed by atoms with Crippen LogP contribution in [-0.2, 0) is 64.6 Å². The third kappa shape index (κ3) is 7.98. The zero-order chi connectivity index (χ0) is 33.8. The summed E-state index contributed by atoms with van der Waals surface area (Å²) in [6, 6.07) is 13.9. The Morgan fingerprint density at radius 3 is 1.98 bits per heavy atom. The van der Waals surface area contributed by atoms with E-state index in [2.05, 4.69) is 15.9 Å². The molecule has 1 amide bonds. The zero-order valence-electron chi connectivity index (χ0n) is 25.6. The molecular weight excluding hydrogens is 670 g/mol. The fourth-order valence-corrected chi connectivity index (χ4v) is 5.94. The molecule has 14 heteroatoms. The number of para-hydroxylation sites is 1. The van der Waals surface area contributed by atoms with Gasteiger partial charge in [0.15, 0.2) is 23.9 Å². The summed E-state index contributed by atoms with van der Waals surface area (Å²) in [7, 11) is 0. The summed E-state index contributed by atoms with van der Waals surface area (Å²) in [5.74, 6) is -4.46. The molecule has 4 rings (SSSR count). The molecule has 0 radical (unpaired) electrons. The lowest BCUT2D eigenvalue weighted by Gasteiger charge is -2.44. The number of nitrogens with zero attached hydrogens (tertiary/aromatic N) is 1. The monoisotopic (exact) mass is 703 g/mol. The second kappa shape index (κ2) is 14.5. The van der Waals surface area contributed by atoms with E-state index < -0.39 is 91.1 Å². The maximum atomic E-state index is 13.8. The summed E-state index contributed by atoms with van der Waals surface area (Å²) in [5, 5.41) is 11.8. The summed E-state index contributed by atoms with van der Waals surface area (Å²) in [4.78, 5) is 76.7. The fraction of sp³-hybridized carbons (Fsp3) is 0.438. The van der Waals surface area contributed by atoms with E-state index in [0.717, 1.165) is 37.7 Å². The molecule has 1 fully saturated rings. The van der Waals surface area contributed by atoms with Gasteiger partial charge in [0.05, 0.1) is 12.2 Å². The van der Waals surface area contributed by atoms with Crippen LogP contribution < -0.4 is 4.90 Å². The van der Waals surface area contributed by atoms with Crippen LogP contribution in [0.5, 0.6) is 0 Å². The molecule has 0 aliphatic carbocycles. The fourth-order valence-electron chi connectivity index (χ4n) is 5.67. The van der Waals surface area contributed by atoms with Gasteiger partial charge in [-0.3, -0.25) is 28.8 Å². The van der Waals surface area contributed by atoms with Crippen LogP contribution in [0.3, 0.4) is 0 Å². The maximum Gasteiger partial charge on any atom is 0.303 e. The highest BCUT2D eigenvalue weighted by atomic mass is 79.9. The van der Waals surface area contributed by atoms with Gasteiger partial charge >= 0.3 is 23.9 Å². The van der Waals surface area contributed by atoms with Crippen LogP contribution in [0.25, 0.3) is 0 Å². The first-order valence-corrected chi connectivity index (χ1v) is 15.2. The lowest BCUT2D eigenvalue weighted by molar-refractivity contribution is -0.252. The Hall–Kier alpha value is -4.14. The van der Waals surface area contributed by atoms with Crippen molar-refractivity contribution in [1.82, 2.24) is 0 Å². The number of hydrogen-bond donors (Lipinski definition) is 1. The maximum absolute atomic E-state index is 13.8. The van der Waals surface area contributed by atoms with E-state index in [1.165, 1.54) is 4.90 Å². The summed E-state index contributed by atoms with van der Waals surface area (Å²) in [6.45, 7) is 4.11. The molecule has 1 unspecified atom stereocenters. The predicted octanol–water partition coefficient (Wildman–Crippen LogP) is 2.66. The number of rotatable bonds is 11. The third-order valence-electron chi connectivity index (χ3n) is 7.46. The molecule has 2 aromatic rings. The SMILES string of the molecule is CC(=O)OC[C@H]1O[C@@H](CC(=O)CC2(O)C(=O)N(Cc3ccc(Br)cc3)c3ccccc32)[C@H](OC(C)=O)[C@@H](OC(C)=O)[C@@H]1OC(C)=O. The highest BCUT2D eigenvalue weighted by Gasteiger charge is 2.54. The van der Waals surface area contributed by atoms with Crippen molar-refractivity contribution in [1.29, 1.82) is 0 Å². The van der Waals surface area contributed by atoms with Gasteiger partial charge in [-0.05, 0) is 23.8 Å². The van der Waals surface area contributed by atoms with Gasteiger partial charge in [0.2, 0.25) is 0 Å². The van der Waals surface area contributed by atoms with Crippen molar-refractivity contribution in [2.24, 2.45) is 0 Å². The van der Waals surface area contributed by atoms with Gasteiger partial charge in [-0.2, -0.15) is 0 Å². The molecule has 0 saturated carbocycles. The normalized spacial score (nSPS) is 25.3. The minimum atomic E-state index is -2.22. The van der Waals surface area contributed by atoms with E-state index in [9.17, 15) is 33.9 Å². The van der Waals surface area contributed by atoms with E-state index >= 15 is 0 Å². The van der Waals surface area contributed by atoms with Crippen LogP contribution in [0.1, 0.15) is 51.7 Å². The zero-order valence-corrected chi connectivity index (χ0v) is 27.2. The van der Waals surface area contributed by atoms with Gasteiger partial charge in [-0.15, -0.1) is 0 Å². The predicted molar refractivity (Wildman–Crippen MR) is 162 cm³/mol. The molecule has 13 nitrogen and oxygen atoms in total. The average Bonchev–Trinajstić information content (AvgIpc) is 3.17. The molecule has 2 aliphatic rings. The smallest absolute Gasteiger partial charge is 0.303 e. The average molecular weight is 705 g/mol. The molecule has 246 valence electrons. The number of ketones is 1. The number of esters is 4. The van der Waals surface area contributed by atoms with Crippen molar-refractivity contribution in [3.63, 3.8) is 0 Å². The number of carbonyl (C=O) groups excluding carboxylic acids is 6. The van der Waals surface area contributed by atoms with Crippen molar-refractivity contribution >= 4 is 57.2 Å². The summed E-state index contributed by atoms with van der Waals surface area (Å²) >= 11 is 3.38. The molecule has 2 aromatic carbocycles. The second-order valence-corrected chi connectivity index (χ2v) is 12.0. The Kier molecular flexibility index (Phi) is 11.0. The number of ether oxygens (including phenoxy) is 5. The van der Waals surface area contributed by atoms with Crippen LogP contribution in [-0.4, -0.2) is 77.8 Å². The Labute approximate surface area is 273 Å². The van der Waals surface area contributed by atoms with Crippen molar-refractivity contribution < 1.29 is 57.6 Å². The van der Waals surface area contributed by atoms with E-state index in [1.807, 2.05) is 24.3 Å². The Bertz CT molecular complexity index is 1510. The van der Waals surface area contributed by atoms with Crippen molar-refractivity contribution in [2.45, 2.75) is 83.2 Å². The molecule has 46 heavy (non-hydrogen) atoms. The van der Waals surface area contributed by atoms with Gasteiger partial charge < -0.3 is 33.7 Å². The highest BCUT2D eigenvalue weighted by Crippen LogP contribution is 2.44. The number of anilines is 1. The first-order chi connectivity index (χ1) is 21.7. The number of hydrogen-bond acceptors (Lipinski definition) is 12. The first-order valence-electron chi connectivity index (χ1n) is 14.4. The molecule has 0 spiro atoms. The van der Waals surface area contributed by atoms with Gasteiger partial charge in [0.25, 0.3) is 5.91 Å². The quantitative estimate of drug-likeness (QED) is 0.268. The van der Waals surface area contributed by atoms with Gasteiger partial charge in [0.1, 0.15) is 24.6 Å². The minimum absolute atomic E-state index is 0.138. The minimum Gasteiger partial charge on any atom is -0.463 e.